The maximum Gasteiger partial charge on any atom is 0.250 e. The Balaban J connectivity index is 1.58. The van der Waals surface area contributed by atoms with Gasteiger partial charge in [0.25, 0.3) is 5.91 Å². The number of carbonyl (C=O) groups excluding carboxylic acids is 2. The van der Waals surface area contributed by atoms with Gasteiger partial charge in [-0.15, -0.1) is 10.2 Å². The first-order valence-corrected chi connectivity index (χ1v) is 10.7. The first-order chi connectivity index (χ1) is 14.8. The Morgan fingerprint density at radius 3 is 2.55 bits per heavy atom. The second-order valence-corrected chi connectivity index (χ2v) is 8.18. The average Bonchev–Trinajstić information content (AvgIpc) is 3.08. The number of amides is 2. The molecule has 0 atom stereocenters. The van der Waals surface area contributed by atoms with Gasteiger partial charge in [-0.2, -0.15) is 0 Å². The van der Waals surface area contributed by atoms with E-state index in [4.69, 9.17) is 22.1 Å². The average molecular weight is 460 g/mol. The van der Waals surface area contributed by atoms with E-state index in [-0.39, 0.29) is 23.8 Å². The molecule has 3 aromatic rings. The second-order valence-electron chi connectivity index (χ2n) is 6.86. The highest BCUT2D eigenvalue weighted by Gasteiger charge is 2.14. The minimum Gasteiger partial charge on any atom is -0.486 e. The van der Waals surface area contributed by atoms with E-state index in [0.717, 1.165) is 16.1 Å². The van der Waals surface area contributed by atoms with Crippen molar-refractivity contribution in [3.8, 4) is 5.75 Å². The van der Waals surface area contributed by atoms with Crippen LogP contribution >= 0.6 is 23.4 Å². The van der Waals surface area contributed by atoms with Crippen LogP contribution in [0.1, 0.15) is 27.3 Å². The number of hydrogen-bond donors (Lipinski definition) is 2. The molecule has 0 saturated heterocycles. The zero-order chi connectivity index (χ0) is 22.5. The Morgan fingerprint density at radius 1 is 1.19 bits per heavy atom. The van der Waals surface area contributed by atoms with E-state index in [1.807, 2.05) is 26.0 Å². The number of nitrogens with one attached hydrogen (secondary N) is 1. The third-order valence-corrected chi connectivity index (χ3v) is 6.12. The molecule has 0 fully saturated rings. The molecule has 1 heterocycles. The molecule has 3 rings (SSSR count). The fourth-order valence-corrected chi connectivity index (χ4v) is 3.70. The van der Waals surface area contributed by atoms with Crippen molar-refractivity contribution in [3.05, 3.63) is 63.9 Å². The molecule has 0 aliphatic heterocycles. The van der Waals surface area contributed by atoms with Crippen molar-refractivity contribution in [1.29, 1.82) is 0 Å². The van der Waals surface area contributed by atoms with Crippen LogP contribution < -0.4 is 15.8 Å². The van der Waals surface area contributed by atoms with Gasteiger partial charge in [-0.3, -0.25) is 9.59 Å². The van der Waals surface area contributed by atoms with Crippen LogP contribution in [-0.2, 0) is 18.4 Å². The van der Waals surface area contributed by atoms with Crippen LogP contribution in [0.25, 0.3) is 0 Å². The summed E-state index contributed by atoms with van der Waals surface area (Å²) >= 11 is 7.42. The molecule has 0 saturated carbocycles. The number of primary amides is 1. The van der Waals surface area contributed by atoms with Crippen molar-refractivity contribution in [2.45, 2.75) is 25.6 Å². The standard InChI is InChI=1S/C21H22ClN5O3S/c1-12-8-14(9-13(2)19(12)22)30-10-17-25-26-21(27(17)3)31-11-18(28)24-16-7-5-4-6-15(16)20(23)29/h4-9H,10-11H2,1-3H3,(H2,23,29)(H,24,28). The molecular formula is C21H22ClN5O3S. The van der Waals surface area contributed by atoms with Gasteiger partial charge < -0.3 is 20.4 Å². The van der Waals surface area contributed by atoms with Crippen LogP contribution in [0.4, 0.5) is 5.69 Å². The van der Waals surface area contributed by atoms with Crippen molar-refractivity contribution in [2.24, 2.45) is 12.8 Å². The lowest BCUT2D eigenvalue weighted by Crippen LogP contribution is -2.19. The lowest BCUT2D eigenvalue weighted by Gasteiger charge is -2.10. The molecule has 8 nitrogen and oxygen atoms in total. The fourth-order valence-electron chi connectivity index (χ4n) is 2.86. The molecule has 1 aromatic heterocycles. The summed E-state index contributed by atoms with van der Waals surface area (Å²) in [5, 5.41) is 12.3. The van der Waals surface area contributed by atoms with E-state index in [1.165, 1.54) is 11.8 Å². The summed E-state index contributed by atoms with van der Waals surface area (Å²) in [6.45, 7) is 4.07. The second kappa shape index (κ2) is 9.84. The van der Waals surface area contributed by atoms with E-state index in [1.54, 1.807) is 35.9 Å². The number of carbonyl (C=O) groups is 2. The van der Waals surface area contributed by atoms with Crippen molar-refractivity contribution < 1.29 is 14.3 Å². The van der Waals surface area contributed by atoms with E-state index in [2.05, 4.69) is 15.5 Å². The molecule has 0 unspecified atom stereocenters. The smallest absolute Gasteiger partial charge is 0.250 e. The van der Waals surface area contributed by atoms with Crippen LogP contribution in [0.15, 0.2) is 41.6 Å². The lowest BCUT2D eigenvalue weighted by molar-refractivity contribution is -0.113. The quantitative estimate of drug-likeness (QED) is 0.498. The van der Waals surface area contributed by atoms with Crippen LogP contribution in [0.5, 0.6) is 5.75 Å². The molecule has 0 aliphatic rings. The monoisotopic (exact) mass is 459 g/mol. The fraction of sp³-hybridized carbons (Fsp3) is 0.238. The molecule has 0 spiro atoms. The minimum absolute atomic E-state index is 0.0928. The zero-order valence-electron chi connectivity index (χ0n) is 17.3. The van der Waals surface area contributed by atoms with Gasteiger partial charge in [0.2, 0.25) is 5.91 Å². The van der Waals surface area contributed by atoms with E-state index >= 15 is 0 Å². The van der Waals surface area contributed by atoms with Gasteiger partial charge in [-0.05, 0) is 49.2 Å². The predicted molar refractivity (Wildman–Crippen MR) is 121 cm³/mol. The Labute approximate surface area is 189 Å². The molecule has 3 N–H and O–H groups in total. The van der Waals surface area contributed by atoms with Crippen LogP contribution in [-0.4, -0.2) is 32.3 Å². The summed E-state index contributed by atoms with van der Waals surface area (Å²) in [5.41, 5.74) is 7.85. The molecule has 10 heteroatoms. The van der Waals surface area contributed by atoms with Gasteiger partial charge in [0.05, 0.1) is 17.0 Å². The summed E-state index contributed by atoms with van der Waals surface area (Å²) in [5.74, 6) is 0.519. The number of aryl methyl sites for hydroxylation is 2. The SMILES string of the molecule is Cc1cc(OCc2nnc(SCC(=O)Nc3ccccc3C(N)=O)n2C)cc(C)c1Cl. The van der Waals surface area contributed by atoms with Crippen molar-refractivity contribution in [3.63, 3.8) is 0 Å². The largest absolute Gasteiger partial charge is 0.486 e. The number of rotatable bonds is 8. The summed E-state index contributed by atoms with van der Waals surface area (Å²) in [6, 6.07) is 10.3. The minimum atomic E-state index is -0.604. The predicted octanol–water partition coefficient (Wildman–Crippen LogP) is 3.49. The van der Waals surface area contributed by atoms with Crippen molar-refractivity contribution >= 4 is 40.9 Å². The number of para-hydroxylation sites is 1. The molecule has 2 aromatic carbocycles. The summed E-state index contributed by atoms with van der Waals surface area (Å²) < 4.78 is 7.60. The number of anilines is 1. The number of nitrogens with two attached hydrogens (primary N) is 1. The van der Waals surface area contributed by atoms with Crippen LogP contribution in [0, 0.1) is 13.8 Å². The van der Waals surface area contributed by atoms with E-state index in [0.29, 0.717) is 22.4 Å². The van der Waals surface area contributed by atoms with Crippen LogP contribution in [0.3, 0.4) is 0 Å². The van der Waals surface area contributed by atoms with Gasteiger partial charge in [-0.25, -0.2) is 0 Å². The molecule has 0 aliphatic carbocycles. The van der Waals surface area contributed by atoms with Crippen molar-refractivity contribution in [1.82, 2.24) is 14.8 Å². The van der Waals surface area contributed by atoms with Gasteiger partial charge in [0.1, 0.15) is 12.4 Å². The van der Waals surface area contributed by atoms with Gasteiger partial charge in [0.15, 0.2) is 11.0 Å². The lowest BCUT2D eigenvalue weighted by atomic mass is 10.1. The van der Waals surface area contributed by atoms with E-state index < -0.39 is 5.91 Å². The van der Waals surface area contributed by atoms with E-state index in [9.17, 15) is 9.59 Å². The highest BCUT2D eigenvalue weighted by molar-refractivity contribution is 7.99. The molecular weight excluding hydrogens is 438 g/mol. The molecule has 162 valence electrons. The number of halogens is 1. The van der Waals surface area contributed by atoms with Crippen molar-refractivity contribution in [2.75, 3.05) is 11.1 Å². The highest BCUT2D eigenvalue weighted by atomic mass is 35.5. The zero-order valence-corrected chi connectivity index (χ0v) is 18.9. The Kier molecular flexibility index (Phi) is 7.19. The molecule has 31 heavy (non-hydrogen) atoms. The molecule has 2 amide bonds. The maximum atomic E-state index is 12.3. The highest BCUT2D eigenvalue weighted by Crippen LogP contribution is 2.26. The third kappa shape index (κ3) is 5.56. The Bertz CT molecular complexity index is 1110. The Hall–Kier alpha value is -3.04. The normalized spacial score (nSPS) is 10.7. The van der Waals surface area contributed by atoms with Gasteiger partial charge >= 0.3 is 0 Å². The number of ether oxygens (including phenoxy) is 1. The molecule has 0 radical (unpaired) electrons. The number of thioether (sulfide) groups is 1. The van der Waals surface area contributed by atoms with Gasteiger partial charge in [-0.1, -0.05) is 35.5 Å². The first-order valence-electron chi connectivity index (χ1n) is 9.35. The topological polar surface area (TPSA) is 112 Å². The number of hydrogen-bond acceptors (Lipinski definition) is 6. The third-order valence-electron chi connectivity index (χ3n) is 4.50. The number of aromatic nitrogens is 3. The van der Waals surface area contributed by atoms with Crippen LogP contribution in [0.2, 0.25) is 5.02 Å². The number of benzene rings is 2. The molecule has 0 bridgehead atoms. The van der Waals surface area contributed by atoms with Gasteiger partial charge in [0, 0.05) is 12.1 Å². The summed E-state index contributed by atoms with van der Waals surface area (Å²) in [4.78, 5) is 23.8. The first kappa shape index (κ1) is 22.6. The number of nitrogens with zero attached hydrogens (tertiary/aromatic N) is 3. The summed E-state index contributed by atoms with van der Waals surface area (Å²) in [6.07, 6.45) is 0. The summed E-state index contributed by atoms with van der Waals surface area (Å²) in [7, 11) is 1.81. The maximum absolute atomic E-state index is 12.3. The Morgan fingerprint density at radius 2 is 1.87 bits per heavy atom.